The second kappa shape index (κ2) is 7.31. The highest BCUT2D eigenvalue weighted by molar-refractivity contribution is 14.1. The Morgan fingerprint density at radius 3 is 2.61 bits per heavy atom. The normalized spacial score (nSPS) is 10.5. The highest BCUT2D eigenvalue weighted by Gasteiger charge is 2.09. The summed E-state index contributed by atoms with van der Waals surface area (Å²) in [5, 5.41) is 5.03. The molecule has 0 spiro atoms. The predicted octanol–water partition coefficient (Wildman–Crippen LogP) is 5.22. The topological polar surface area (TPSA) is 38.3 Å². The number of nitrogens with one attached hydrogen (secondary N) is 1. The van der Waals surface area contributed by atoms with Gasteiger partial charge in [0.1, 0.15) is 5.75 Å². The fraction of sp³-hybridized carbons (Fsp3) is 0.0556. The highest BCUT2D eigenvalue weighted by Crippen LogP contribution is 2.33. The van der Waals surface area contributed by atoms with E-state index in [0.29, 0.717) is 5.75 Å². The van der Waals surface area contributed by atoms with Crippen molar-refractivity contribution in [2.45, 2.75) is 0 Å². The first kappa shape index (κ1) is 16.3. The van der Waals surface area contributed by atoms with Crippen LogP contribution in [0.3, 0.4) is 0 Å². The van der Waals surface area contributed by atoms with Crippen LogP contribution in [0, 0.1) is 3.57 Å². The zero-order chi connectivity index (χ0) is 16.2. The van der Waals surface area contributed by atoms with Crippen molar-refractivity contribution >= 4 is 60.9 Å². The van der Waals surface area contributed by atoms with Crippen LogP contribution >= 0.6 is 38.5 Å². The molecule has 0 heterocycles. The monoisotopic (exact) mass is 481 g/mol. The van der Waals surface area contributed by atoms with E-state index in [0.717, 1.165) is 24.5 Å². The van der Waals surface area contributed by atoms with Crippen LogP contribution in [0.25, 0.3) is 10.8 Å². The van der Waals surface area contributed by atoms with Gasteiger partial charge in [0.05, 0.1) is 10.2 Å². The number of hydrogen-bond donors (Lipinski definition) is 1. The molecule has 0 aromatic heterocycles. The molecule has 5 heteroatoms. The number of carbonyl (C=O) groups excluding carboxylic acids is 1. The van der Waals surface area contributed by atoms with Gasteiger partial charge in [-0.05, 0) is 67.5 Å². The second-order valence-corrected chi connectivity index (χ2v) is 6.87. The quantitative estimate of drug-likeness (QED) is 0.518. The van der Waals surface area contributed by atoms with Gasteiger partial charge in [-0.3, -0.25) is 4.79 Å². The van der Waals surface area contributed by atoms with Crippen LogP contribution < -0.4 is 10.1 Å². The van der Waals surface area contributed by atoms with Gasteiger partial charge >= 0.3 is 0 Å². The van der Waals surface area contributed by atoms with Crippen molar-refractivity contribution in [1.82, 2.24) is 0 Å². The van der Waals surface area contributed by atoms with Crippen LogP contribution in [0.4, 0.5) is 5.69 Å². The van der Waals surface area contributed by atoms with Gasteiger partial charge in [-0.25, -0.2) is 0 Å². The van der Waals surface area contributed by atoms with Crippen LogP contribution in [-0.4, -0.2) is 12.5 Å². The van der Waals surface area contributed by atoms with Crippen molar-refractivity contribution in [2.24, 2.45) is 0 Å². The van der Waals surface area contributed by atoms with Gasteiger partial charge in [0, 0.05) is 3.57 Å². The Morgan fingerprint density at radius 1 is 1.04 bits per heavy atom. The predicted molar refractivity (Wildman–Crippen MR) is 105 cm³/mol. The fourth-order valence-electron chi connectivity index (χ4n) is 2.22. The van der Waals surface area contributed by atoms with E-state index < -0.39 is 0 Å². The summed E-state index contributed by atoms with van der Waals surface area (Å²) in [6.07, 6.45) is 0. The van der Waals surface area contributed by atoms with Crippen LogP contribution in [0.5, 0.6) is 5.75 Å². The van der Waals surface area contributed by atoms with Crippen LogP contribution in [0.1, 0.15) is 0 Å². The average molecular weight is 482 g/mol. The Bertz CT molecular complexity index is 867. The van der Waals surface area contributed by atoms with Gasteiger partial charge in [-0.15, -0.1) is 0 Å². The fourth-order valence-corrected chi connectivity index (χ4v) is 3.35. The molecular formula is C18H13BrINO2. The molecule has 0 unspecified atom stereocenters. The molecule has 3 aromatic rings. The average Bonchev–Trinajstić information content (AvgIpc) is 2.57. The van der Waals surface area contributed by atoms with E-state index in [1.807, 2.05) is 60.7 Å². The molecule has 1 amide bonds. The summed E-state index contributed by atoms with van der Waals surface area (Å²) < 4.78 is 7.51. The van der Waals surface area contributed by atoms with Gasteiger partial charge in [0.15, 0.2) is 6.61 Å². The maximum absolute atomic E-state index is 12.1. The first-order valence-electron chi connectivity index (χ1n) is 6.99. The number of rotatable bonds is 4. The standard InChI is InChI=1S/C18H13BrINO2/c19-18-13-6-2-1-5-12(13)9-10-16(18)23-11-17(22)21-15-8-4-3-7-14(15)20/h1-10H,11H2,(H,21,22). The minimum absolute atomic E-state index is 0.0398. The van der Waals surface area contributed by atoms with Crippen molar-refractivity contribution in [3.8, 4) is 5.75 Å². The minimum atomic E-state index is -0.186. The van der Waals surface area contributed by atoms with Crippen molar-refractivity contribution in [3.63, 3.8) is 0 Å². The first-order valence-corrected chi connectivity index (χ1v) is 8.87. The third kappa shape index (κ3) is 3.84. The number of para-hydroxylation sites is 1. The molecule has 23 heavy (non-hydrogen) atoms. The smallest absolute Gasteiger partial charge is 0.262 e. The lowest BCUT2D eigenvalue weighted by molar-refractivity contribution is -0.118. The lowest BCUT2D eigenvalue weighted by Gasteiger charge is -2.11. The van der Waals surface area contributed by atoms with Crippen LogP contribution in [0.15, 0.2) is 65.1 Å². The van der Waals surface area contributed by atoms with E-state index in [1.165, 1.54) is 0 Å². The van der Waals surface area contributed by atoms with Crippen molar-refractivity contribution in [2.75, 3.05) is 11.9 Å². The van der Waals surface area contributed by atoms with E-state index in [4.69, 9.17) is 4.74 Å². The number of anilines is 1. The molecular weight excluding hydrogens is 469 g/mol. The highest BCUT2D eigenvalue weighted by atomic mass is 127. The summed E-state index contributed by atoms with van der Waals surface area (Å²) in [6.45, 7) is -0.0398. The number of amides is 1. The van der Waals surface area contributed by atoms with E-state index >= 15 is 0 Å². The summed E-state index contributed by atoms with van der Waals surface area (Å²) in [6, 6.07) is 19.5. The summed E-state index contributed by atoms with van der Waals surface area (Å²) in [7, 11) is 0. The molecule has 0 saturated carbocycles. The first-order chi connectivity index (χ1) is 11.1. The van der Waals surface area contributed by atoms with Gasteiger partial charge in [-0.2, -0.15) is 0 Å². The summed E-state index contributed by atoms with van der Waals surface area (Å²) >= 11 is 5.74. The van der Waals surface area contributed by atoms with Gasteiger partial charge in [-0.1, -0.05) is 42.5 Å². The molecule has 0 saturated heterocycles. The Kier molecular flexibility index (Phi) is 5.17. The third-order valence-corrected chi connectivity index (χ3v) is 5.09. The Morgan fingerprint density at radius 2 is 1.78 bits per heavy atom. The molecule has 3 rings (SSSR count). The number of fused-ring (bicyclic) bond motifs is 1. The van der Waals surface area contributed by atoms with E-state index in [-0.39, 0.29) is 12.5 Å². The van der Waals surface area contributed by atoms with Crippen molar-refractivity contribution in [3.05, 3.63) is 68.7 Å². The molecule has 0 aliphatic rings. The third-order valence-electron chi connectivity index (χ3n) is 3.33. The lowest BCUT2D eigenvalue weighted by atomic mass is 10.1. The second-order valence-electron chi connectivity index (χ2n) is 4.92. The van der Waals surface area contributed by atoms with Crippen molar-refractivity contribution in [1.29, 1.82) is 0 Å². The molecule has 1 N–H and O–H groups in total. The van der Waals surface area contributed by atoms with Crippen LogP contribution in [0.2, 0.25) is 0 Å². The molecule has 0 radical (unpaired) electrons. The molecule has 116 valence electrons. The Hall–Kier alpha value is -1.60. The minimum Gasteiger partial charge on any atom is -0.483 e. The summed E-state index contributed by atoms with van der Waals surface area (Å²) in [5.41, 5.74) is 0.791. The van der Waals surface area contributed by atoms with Crippen LogP contribution in [-0.2, 0) is 4.79 Å². The zero-order valence-corrected chi connectivity index (χ0v) is 15.8. The number of carbonyl (C=O) groups is 1. The molecule has 3 aromatic carbocycles. The van der Waals surface area contributed by atoms with E-state index in [2.05, 4.69) is 43.8 Å². The molecule has 0 fully saturated rings. The number of halogens is 2. The maximum Gasteiger partial charge on any atom is 0.262 e. The molecule has 0 bridgehead atoms. The molecule has 0 aliphatic carbocycles. The summed E-state index contributed by atoms with van der Waals surface area (Å²) in [4.78, 5) is 12.1. The van der Waals surface area contributed by atoms with Gasteiger partial charge < -0.3 is 10.1 Å². The SMILES string of the molecule is O=C(COc1ccc2ccccc2c1Br)Nc1ccccc1I. The molecule has 3 nitrogen and oxygen atoms in total. The van der Waals surface area contributed by atoms with Crippen molar-refractivity contribution < 1.29 is 9.53 Å². The number of benzene rings is 3. The maximum atomic E-state index is 12.1. The Balaban J connectivity index is 1.70. The van der Waals surface area contributed by atoms with E-state index in [1.54, 1.807) is 0 Å². The van der Waals surface area contributed by atoms with Gasteiger partial charge in [0.25, 0.3) is 5.91 Å². The summed E-state index contributed by atoms with van der Waals surface area (Å²) in [5.74, 6) is 0.468. The van der Waals surface area contributed by atoms with Gasteiger partial charge in [0.2, 0.25) is 0 Å². The number of ether oxygens (including phenoxy) is 1. The molecule has 0 atom stereocenters. The lowest BCUT2D eigenvalue weighted by Crippen LogP contribution is -2.20. The zero-order valence-electron chi connectivity index (χ0n) is 12.1. The largest absolute Gasteiger partial charge is 0.483 e. The number of hydrogen-bond acceptors (Lipinski definition) is 2. The molecule has 0 aliphatic heterocycles. The Labute approximate surface area is 156 Å². The van der Waals surface area contributed by atoms with E-state index in [9.17, 15) is 4.79 Å².